The molecule has 5 nitrogen and oxygen atoms in total. The standard InChI is InChI=1S/C22H38N2O3/c1-18-8-10-19(11-9-18)26-16-7-6-15-24-20(25)21(2,3)13-17-27-22(4,5)12-14-23/h8-11H,6-7,12-17,23H2,1-5H3,(H,24,25). The molecular weight excluding hydrogens is 340 g/mol. The van der Waals surface area contributed by atoms with E-state index in [1.807, 2.05) is 52.0 Å². The van der Waals surface area contributed by atoms with Crippen molar-refractivity contribution in [3.63, 3.8) is 0 Å². The van der Waals surface area contributed by atoms with E-state index in [-0.39, 0.29) is 11.5 Å². The number of carbonyl (C=O) groups excluding carboxylic acids is 1. The Labute approximate surface area is 165 Å². The molecule has 3 N–H and O–H groups in total. The Bertz CT molecular complexity index is 553. The monoisotopic (exact) mass is 378 g/mol. The molecule has 0 aromatic heterocycles. The minimum Gasteiger partial charge on any atom is -0.494 e. The predicted octanol–water partition coefficient (Wildman–Crippen LogP) is 3.83. The molecule has 0 heterocycles. The number of hydrogen-bond acceptors (Lipinski definition) is 4. The quantitative estimate of drug-likeness (QED) is 0.512. The number of carbonyl (C=O) groups is 1. The fourth-order valence-electron chi connectivity index (χ4n) is 2.61. The third-order valence-electron chi connectivity index (χ3n) is 4.73. The van der Waals surface area contributed by atoms with Gasteiger partial charge in [-0.25, -0.2) is 0 Å². The van der Waals surface area contributed by atoms with E-state index in [4.69, 9.17) is 15.2 Å². The normalized spacial score (nSPS) is 12.1. The van der Waals surface area contributed by atoms with E-state index in [0.29, 0.717) is 32.7 Å². The van der Waals surface area contributed by atoms with Gasteiger partial charge in [0.25, 0.3) is 0 Å². The van der Waals surface area contributed by atoms with Crippen molar-refractivity contribution in [3.05, 3.63) is 29.8 Å². The van der Waals surface area contributed by atoms with Crippen LogP contribution in [0.25, 0.3) is 0 Å². The van der Waals surface area contributed by atoms with Gasteiger partial charge in [-0.05, 0) is 65.1 Å². The van der Waals surface area contributed by atoms with Crippen LogP contribution in [0.1, 0.15) is 58.9 Å². The average Bonchev–Trinajstić information content (AvgIpc) is 2.58. The number of hydrogen-bond donors (Lipinski definition) is 2. The lowest BCUT2D eigenvalue weighted by atomic mass is 9.88. The van der Waals surface area contributed by atoms with Crippen LogP contribution in [0.4, 0.5) is 0 Å². The van der Waals surface area contributed by atoms with Crippen LogP contribution in [0.2, 0.25) is 0 Å². The molecule has 0 aliphatic heterocycles. The average molecular weight is 379 g/mol. The second-order valence-electron chi connectivity index (χ2n) is 8.41. The fourth-order valence-corrected chi connectivity index (χ4v) is 2.61. The van der Waals surface area contributed by atoms with E-state index in [0.717, 1.165) is 25.0 Å². The fraction of sp³-hybridized carbons (Fsp3) is 0.682. The summed E-state index contributed by atoms with van der Waals surface area (Å²) < 4.78 is 11.6. The summed E-state index contributed by atoms with van der Waals surface area (Å²) in [5.74, 6) is 0.963. The molecule has 0 fully saturated rings. The van der Waals surface area contributed by atoms with E-state index >= 15 is 0 Å². The lowest BCUT2D eigenvalue weighted by Crippen LogP contribution is -2.39. The summed E-state index contributed by atoms with van der Waals surface area (Å²) in [4.78, 5) is 12.4. The van der Waals surface area contributed by atoms with Crippen LogP contribution in [0.3, 0.4) is 0 Å². The van der Waals surface area contributed by atoms with E-state index in [1.54, 1.807) is 0 Å². The minimum atomic E-state index is -0.447. The molecule has 154 valence electrons. The number of nitrogens with one attached hydrogen (secondary N) is 1. The van der Waals surface area contributed by atoms with Gasteiger partial charge in [-0.2, -0.15) is 0 Å². The maximum Gasteiger partial charge on any atom is 0.225 e. The molecule has 0 aliphatic rings. The summed E-state index contributed by atoms with van der Waals surface area (Å²) in [5.41, 5.74) is 6.13. The molecule has 1 aromatic rings. The first-order valence-electron chi connectivity index (χ1n) is 9.98. The number of unbranched alkanes of at least 4 members (excludes halogenated alkanes) is 1. The first kappa shape index (κ1) is 23.4. The van der Waals surface area contributed by atoms with Gasteiger partial charge in [0.2, 0.25) is 5.91 Å². The highest BCUT2D eigenvalue weighted by molar-refractivity contribution is 5.81. The highest BCUT2D eigenvalue weighted by Gasteiger charge is 2.28. The van der Waals surface area contributed by atoms with Gasteiger partial charge >= 0.3 is 0 Å². The Morgan fingerprint density at radius 3 is 2.33 bits per heavy atom. The van der Waals surface area contributed by atoms with Gasteiger partial charge < -0.3 is 20.5 Å². The Kier molecular flexibility index (Phi) is 9.81. The summed E-state index contributed by atoms with van der Waals surface area (Å²) in [6.45, 7) is 12.5. The number of benzene rings is 1. The third kappa shape index (κ3) is 9.78. The van der Waals surface area contributed by atoms with Crippen molar-refractivity contribution in [2.75, 3.05) is 26.3 Å². The lowest BCUT2D eigenvalue weighted by molar-refractivity contribution is -0.131. The predicted molar refractivity (Wildman–Crippen MR) is 111 cm³/mol. The molecule has 0 atom stereocenters. The molecule has 0 aliphatic carbocycles. The van der Waals surface area contributed by atoms with Crippen LogP contribution < -0.4 is 15.8 Å². The molecule has 5 heteroatoms. The van der Waals surface area contributed by atoms with Gasteiger partial charge in [0.1, 0.15) is 5.75 Å². The van der Waals surface area contributed by atoms with Gasteiger partial charge in [-0.15, -0.1) is 0 Å². The first-order valence-corrected chi connectivity index (χ1v) is 9.98. The van der Waals surface area contributed by atoms with Crippen LogP contribution >= 0.6 is 0 Å². The lowest BCUT2D eigenvalue weighted by Gasteiger charge is -2.28. The van der Waals surface area contributed by atoms with E-state index in [2.05, 4.69) is 12.2 Å². The van der Waals surface area contributed by atoms with E-state index < -0.39 is 5.41 Å². The van der Waals surface area contributed by atoms with Crippen molar-refractivity contribution >= 4 is 5.91 Å². The smallest absolute Gasteiger partial charge is 0.225 e. The Balaban J connectivity index is 2.17. The SMILES string of the molecule is Cc1ccc(OCCCCNC(=O)C(C)(C)CCOC(C)(C)CCN)cc1. The van der Waals surface area contributed by atoms with Gasteiger partial charge in [0.05, 0.1) is 12.2 Å². The van der Waals surface area contributed by atoms with Crippen molar-refractivity contribution in [1.82, 2.24) is 5.32 Å². The summed E-state index contributed by atoms with van der Waals surface area (Å²) in [6, 6.07) is 8.05. The molecular formula is C22H38N2O3. The minimum absolute atomic E-state index is 0.0715. The number of amides is 1. The molecule has 0 saturated heterocycles. The van der Waals surface area contributed by atoms with Gasteiger partial charge in [0.15, 0.2) is 0 Å². The molecule has 0 unspecified atom stereocenters. The van der Waals surface area contributed by atoms with Gasteiger partial charge in [-0.3, -0.25) is 4.79 Å². The highest BCUT2D eigenvalue weighted by Crippen LogP contribution is 2.23. The molecule has 0 radical (unpaired) electrons. The zero-order valence-corrected chi connectivity index (χ0v) is 17.8. The van der Waals surface area contributed by atoms with Crippen molar-refractivity contribution in [1.29, 1.82) is 0 Å². The Morgan fingerprint density at radius 1 is 1.04 bits per heavy atom. The zero-order valence-electron chi connectivity index (χ0n) is 17.8. The molecule has 0 saturated carbocycles. The van der Waals surface area contributed by atoms with Crippen LogP contribution in [-0.2, 0) is 9.53 Å². The zero-order chi connectivity index (χ0) is 20.3. The number of nitrogens with two attached hydrogens (primary N) is 1. The maximum absolute atomic E-state index is 12.4. The van der Waals surface area contributed by atoms with E-state index in [1.165, 1.54) is 5.56 Å². The topological polar surface area (TPSA) is 73.6 Å². The maximum atomic E-state index is 12.4. The van der Waals surface area contributed by atoms with Crippen molar-refractivity contribution in [2.24, 2.45) is 11.1 Å². The summed E-state index contributed by atoms with van der Waals surface area (Å²) in [6.07, 6.45) is 3.30. The van der Waals surface area contributed by atoms with Crippen molar-refractivity contribution in [3.8, 4) is 5.75 Å². The second-order valence-corrected chi connectivity index (χ2v) is 8.41. The molecule has 0 spiro atoms. The van der Waals surface area contributed by atoms with Crippen molar-refractivity contribution in [2.45, 2.75) is 65.9 Å². The summed E-state index contributed by atoms with van der Waals surface area (Å²) in [5, 5.41) is 3.03. The summed E-state index contributed by atoms with van der Waals surface area (Å²) in [7, 11) is 0. The van der Waals surface area contributed by atoms with Crippen LogP contribution in [0.15, 0.2) is 24.3 Å². The molecule has 0 bridgehead atoms. The number of ether oxygens (including phenoxy) is 2. The Hall–Kier alpha value is -1.59. The molecule has 1 aromatic carbocycles. The van der Waals surface area contributed by atoms with Crippen LogP contribution in [0, 0.1) is 12.3 Å². The van der Waals surface area contributed by atoms with Crippen molar-refractivity contribution < 1.29 is 14.3 Å². The molecule has 1 rings (SSSR count). The largest absolute Gasteiger partial charge is 0.494 e. The number of aryl methyl sites for hydroxylation is 1. The van der Waals surface area contributed by atoms with Crippen LogP contribution in [0.5, 0.6) is 5.75 Å². The summed E-state index contributed by atoms with van der Waals surface area (Å²) >= 11 is 0. The highest BCUT2D eigenvalue weighted by atomic mass is 16.5. The first-order chi connectivity index (χ1) is 12.7. The molecule has 27 heavy (non-hydrogen) atoms. The van der Waals surface area contributed by atoms with Gasteiger partial charge in [-0.1, -0.05) is 31.5 Å². The molecule has 1 amide bonds. The van der Waals surface area contributed by atoms with Gasteiger partial charge in [0, 0.05) is 18.6 Å². The number of rotatable bonds is 13. The van der Waals surface area contributed by atoms with Crippen LogP contribution in [-0.4, -0.2) is 37.8 Å². The van der Waals surface area contributed by atoms with E-state index in [9.17, 15) is 4.79 Å². The second kappa shape index (κ2) is 11.3. The third-order valence-corrected chi connectivity index (χ3v) is 4.73. The Morgan fingerprint density at radius 2 is 1.70 bits per heavy atom.